The SMILES string of the molecule is CCCCC/C=C\C/C=C\C/C=C\C/C=C\CCCC(CC(=O)NC(CO)C(O)CCCCCCCCCCCCCCCC)OC(=O)CCCCCC/C=C\C/C=C\C/C=C\CCCCC. The second-order valence-corrected chi connectivity index (χ2v) is 19.0. The van der Waals surface area contributed by atoms with Crippen LogP contribution in [-0.2, 0) is 14.3 Å². The Morgan fingerprint density at radius 3 is 1.21 bits per heavy atom. The van der Waals surface area contributed by atoms with Crippen molar-refractivity contribution in [2.75, 3.05) is 6.61 Å². The maximum absolute atomic E-state index is 13.3. The second kappa shape index (κ2) is 54.0. The molecule has 0 spiro atoms. The molecule has 1 amide bonds. The zero-order valence-electron chi connectivity index (χ0n) is 44.0. The summed E-state index contributed by atoms with van der Waals surface area (Å²) in [5.41, 5.74) is 0. The van der Waals surface area contributed by atoms with Gasteiger partial charge in [0.1, 0.15) is 6.10 Å². The number of nitrogens with one attached hydrogen (secondary N) is 1. The van der Waals surface area contributed by atoms with Crippen molar-refractivity contribution < 1.29 is 24.5 Å². The van der Waals surface area contributed by atoms with Crippen LogP contribution in [0.4, 0.5) is 0 Å². The van der Waals surface area contributed by atoms with E-state index in [1.807, 2.05) is 0 Å². The lowest BCUT2D eigenvalue weighted by molar-refractivity contribution is -0.151. The Hall–Kier alpha value is -2.96. The fraction of sp³-hybridized carbons (Fsp3) is 0.738. The molecule has 0 aromatic rings. The standard InChI is InChI=1S/C61H107NO5/c1-4-7-10-13-16-19-22-25-28-30-32-34-37-40-43-46-49-52-57(67-61(66)54-51-48-45-42-39-36-33-31-29-26-23-20-17-14-11-8-5-2)55-60(65)62-58(56-63)59(64)53-50-47-44-41-38-35-27-24-21-18-15-12-9-6-3/h16-17,19-20,25-26,28-29,32-34,36,40,43,57-59,63-64H,4-15,18,21-24,27,30-31,35,37-39,41-42,44-56H2,1-3H3,(H,62,65)/b19-16-,20-17-,28-25-,29-26-,34-32-,36-33-,43-40-. The van der Waals surface area contributed by atoms with Gasteiger partial charge in [0.25, 0.3) is 0 Å². The van der Waals surface area contributed by atoms with Gasteiger partial charge in [-0.05, 0) is 103 Å². The van der Waals surface area contributed by atoms with Crippen LogP contribution in [0, 0.1) is 0 Å². The topological polar surface area (TPSA) is 95.9 Å². The summed E-state index contributed by atoms with van der Waals surface area (Å²) in [6, 6.07) is -0.729. The maximum Gasteiger partial charge on any atom is 0.306 e. The third kappa shape index (κ3) is 49.3. The summed E-state index contributed by atoms with van der Waals surface area (Å²) in [5.74, 6) is -0.553. The molecular weight excluding hydrogens is 827 g/mol. The van der Waals surface area contributed by atoms with Gasteiger partial charge < -0.3 is 20.3 Å². The molecule has 0 bridgehead atoms. The summed E-state index contributed by atoms with van der Waals surface area (Å²) in [5, 5.41) is 23.8. The van der Waals surface area contributed by atoms with Crippen molar-refractivity contribution in [1.29, 1.82) is 0 Å². The van der Waals surface area contributed by atoms with Gasteiger partial charge in [-0.15, -0.1) is 0 Å². The van der Waals surface area contributed by atoms with Gasteiger partial charge in [-0.3, -0.25) is 9.59 Å². The van der Waals surface area contributed by atoms with Crippen LogP contribution in [0.25, 0.3) is 0 Å². The van der Waals surface area contributed by atoms with Gasteiger partial charge in [0, 0.05) is 6.42 Å². The number of ether oxygens (including phenoxy) is 1. The lowest BCUT2D eigenvalue weighted by atomic mass is 10.0. The number of unbranched alkanes of at least 4 members (excludes halogenated alkanes) is 24. The van der Waals surface area contributed by atoms with E-state index in [9.17, 15) is 19.8 Å². The molecule has 0 aliphatic heterocycles. The quantitative estimate of drug-likeness (QED) is 0.0321. The molecule has 67 heavy (non-hydrogen) atoms. The summed E-state index contributed by atoms with van der Waals surface area (Å²) in [7, 11) is 0. The van der Waals surface area contributed by atoms with E-state index in [2.05, 4.69) is 111 Å². The third-order valence-electron chi connectivity index (χ3n) is 12.4. The van der Waals surface area contributed by atoms with Crippen LogP contribution in [0.1, 0.15) is 265 Å². The van der Waals surface area contributed by atoms with Crippen LogP contribution >= 0.6 is 0 Å². The molecule has 0 heterocycles. The Morgan fingerprint density at radius 1 is 0.433 bits per heavy atom. The minimum atomic E-state index is -0.811. The zero-order chi connectivity index (χ0) is 48.8. The van der Waals surface area contributed by atoms with Crippen molar-refractivity contribution in [1.82, 2.24) is 5.32 Å². The molecule has 0 saturated heterocycles. The average Bonchev–Trinajstić information content (AvgIpc) is 3.32. The molecule has 0 rings (SSSR count). The van der Waals surface area contributed by atoms with E-state index in [-0.39, 0.29) is 24.9 Å². The second-order valence-electron chi connectivity index (χ2n) is 19.0. The zero-order valence-corrected chi connectivity index (χ0v) is 44.0. The van der Waals surface area contributed by atoms with Crippen molar-refractivity contribution in [2.45, 2.75) is 283 Å². The van der Waals surface area contributed by atoms with Crippen LogP contribution < -0.4 is 5.32 Å². The van der Waals surface area contributed by atoms with Crippen LogP contribution in [0.2, 0.25) is 0 Å². The molecule has 0 radical (unpaired) electrons. The van der Waals surface area contributed by atoms with Crippen LogP contribution in [0.5, 0.6) is 0 Å². The van der Waals surface area contributed by atoms with Gasteiger partial charge in [-0.1, -0.05) is 234 Å². The Kier molecular flexibility index (Phi) is 51.6. The van der Waals surface area contributed by atoms with Crippen molar-refractivity contribution in [3.63, 3.8) is 0 Å². The summed E-state index contributed by atoms with van der Waals surface area (Å²) in [6.45, 7) is 6.42. The van der Waals surface area contributed by atoms with Gasteiger partial charge in [-0.25, -0.2) is 0 Å². The molecule has 0 aliphatic rings. The Morgan fingerprint density at radius 2 is 0.776 bits per heavy atom. The first-order chi connectivity index (χ1) is 33.0. The molecule has 0 fully saturated rings. The predicted octanol–water partition coefficient (Wildman–Crippen LogP) is 17.5. The molecule has 3 N–H and O–H groups in total. The van der Waals surface area contributed by atoms with E-state index in [1.54, 1.807) is 0 Å². The number of hydrogen-bond donors (Lipinski definition) is 3. The van der Waals surface area contributed by atoms with Gasteiger partial charge >= 0.3 is 5.97 Å². The lowest BCUT2D eigenvalue weighted by Crippen LogP contribution is -2.46. The number of carbonyl (C=O) groups excluding carboxylic acids is 2. The minimum absolute atomic E-state index is 0.0275. The van der Waals surface area contributed by atoms with Crippen molar-refractivity contribution in [2.24, 2.45) is 0 Å². The molecule has 3 unspecified atom stereocenters. The first-order valence-corrected chi connectivity index (χ1v) is 28.3. The highest BCUT2D eigenvalue weighted by molar-refractivity contribution is 5.77. The number of allylic oxidation sites excluding steroid dienone is 14. The van der Waals surface area contributed by atoms with E-state index in [0.29, 0.717) is 19.3 Å². The smallest absolute Gasteiger partial charge is 0.306 e. The molecular formula is C61H107NO5. The summed E-state index contributed by atoms with van der Waals surface area (Å²) in [6.07, 6.45) is 70.7. The predicted molar refractivity (Wildman–Crippen MR) is 291 cm³/mol. The number of esters is 1. The molecule has 6 heteroatoms. The van der Waals surface area contributed by atoms with E-state index in [0.717, 1.165) is 96.3 Å². The van der Waals surface area contributed by atoms with E-state index in [1.165, 1.54) is 122 Å². The van der Waals surface area contributed by atoms with Gasteiger partial charge in [0.15, 0.2) is 0 Å². The highest BCUT2D eigenvalue weighted by Crippen LogP contribution is 2.17. The molecule has 3 atom stereocenters. The van der Waals surface area contributed by atoms with E-state index in [4.69, 9.17) is 4.74 Å². The number of aliphatic hydroxyl groups excluding tert-OH is 2. The Labute approximate surface area is 414 Å². The maximum atomic E-state index is 13.3. The van der Waals surface area contributed by atoms with Gasteiger partial charge in [-0.2, -0.15) is 0 Å². The highest BCUT2D eigenvalue weighted by atomic mass is 16.5. The summed E-state index contributed by atoms with van der Waals surface area (Å²) < 4.78 is 5.92. The van der Waals surface area contributed by atoms with Gasteiger partial charge in [0.2, 0.25) is 5.91 Å². The first kappa shape index (κ1) is 64.0. The van der Waals surface area contributed by atoms with E-state index < -0.39 is 18.2 Å². The number of rotatable bonds is 50. The van der Waals surface area contributed by atoms with E-state index >= 15 is 0 Å². The number of hydrogen-bond acceptors (Lipinski definition) is 5. The van der Waals surface area contributed by atoms with Crippen molar-refractivity contribution >= 4 is 11.9 Å². The molecule has 0 aromatic heterocycles. The Bertz CT molecular complexity index is 1280. The normalized spacial score (nSPS) is 13.8. The Balaban J connectivity index is 4.72. The van der Waals surface area contributed by atoms with Crippen LogP contribution in [0.15, 0.2) is 85.1 Å². The lowest BCUT2D eigenvalue weighted by Gasteiger charge is -2.24. The largest absolute Gasteiger partial charge is 0.462 e. The minimum Gasteiger partial charge on any atom is -0.462 e. The fourth-order valence-corrected chi connectivity index (χ4v) is 8.13. The van der Waals surface area contributed by atoms with Crippen molar-refractivity contribution in [3.05, 3.63) is 85.1 Å². The third-order valence-corrected chi connectivity index (χ3v) is 12.4. The molecule has 0 saturated carbocycles. The number of amides is 1. The van der Waals surface area contributed by atoms with Crippen LogP contribution in [-0.4, -0.2) is 46.9 Å². The molecule has 0 aromatic carbocycles. The first-order valence-electron chi connectivity index (χ1n) is 28.3. The average molecular weight is 935 g/mol. The highest BCUT2D eigenvalue weighted by Gasteiger charge is 2.24. The van der Waals surface area contributed by atoms with Crippen LogP contribution in [0.3, 0.4) is 0 Å². The molecule has 386 valence electrons. The van der Waals surface area contributed by atoms with Crippen molar-refractivity contribution in [3.8, 4) is 0 Å². The molecule has 6 nitrogen and oxygen atoms in total. The summed E-state index contributed by atoms with van der Waals surface area (Å²) >= 11 is 0. The summed E-state index contributed by atoms with van der Waals surface area (Å²) in [4.78, 5) is 26.2. The van der Waals surface area contributed by atoms with Gasteiger partial charge in [0.05, 0.1) is 25.2 Å². The number of aliphatic hydroxyl groups is 2. The fourth-order valence-electron chi connectivity index (χ4n) is 8.13. The number of carbonyl (C=O) groups is 2. The monoisotopic (exact) mass is 934 g/mol. The molecule has 0 aliphatic carbocycles.